The highest BCUT2D eigenvalue weighted by atomic mass is 79.9. The molecule has 1 aromatic rings. The van der Waals surface area contributed by atoms with Crippen molar-refractivity contribution in [2.45, 2.75) is 64.3 Å². The van der Waals surface area contributed by atoms with Crippen LogP contribution in [0.25, 0.3) is 0 Å². The van der Waals surface area contributed by atoms with Gasteiger partial charge in [0.1, 0.15) is 0 Å². The zero-order valence-electron chi connectivity index (χ0n) is 13.0. The average molecular weight is 354 g/mol. The summed E-state index contributed by atoms with van der Waals surface area (Å²) in [6.45, 7) is 2.28. The van der Waals surface area contributed by atoms with E-state index in [1.165, 1.54) is 44.9 Å². The molecule has 118 valence electrons. The Morgan fingerprint density at radius 1 is 1.33 bits per heavy atom. The Morgan fingerprint density at radius 3 is 2.67 bits per heavy atom. The number of nitrogens with zero attached hydrogens (tertiary/aromatic N) is 1. The van der Waals surface area contributed by atoms with Gasteiger partial charge in [-0.25, -0.2) is 0 Å². The predicted octanol–water partition coefficient (Wildman–Crippen LogP) is 4.22. The molecular formula is C17H28BrN3. The third kappa shape index (κ3) is 5.35. The monoisotopic (exact) mass is 353 g/mol. The van der Waals surface area contributed by atoms with Gasteiger partial charge in [0, 0.05) is 28.8 Å². The van der Waals surface area contributed by atoms with Gasteiger partial charge in [0.2, 0.25) is 0 Å². The highest BCUT2D eigenvalue weighted by Crippen LogP contribution is 2.34. The van der Waals surface area contributed by atoms with Crippen LogP contribution < -0.4 is 11.3 Å². The van der Waals surface area contributed by atoms with E-state index in [4.69, 9.17) is 5.84 Å². The fourth-order valence-corrected chi connectivity index (χ4v) is 3.72. The van der Waals surface area contributed by atoms with E-state index in [2.05, 4.69) is 45.4 Å². The summed E-state index contributed by atoms with van der Waals surface area (Å²) < 4.78 is 1.03. The van der Waals surface area contributed by atoms with Gasteiger partial charge in [-0.05, 0) is 52.7 Å². The number of pyridine rings is 1. The van der Waals surface area contributed by atoms with Gasteiger partial charge in [-0.3, -0.25) is 16.3 Å². The molecule has 1 fully saturated rings. The Labute approximate surface area is 137 Å². The molecule has 4 heteroatoms. The topological polar surface area (TPSA) is 50.9 Å². The molecule has 1 aromatic heterocycles. The first-order chi connectivity index (χ1) is 10.2. The van der Waals surface area contributed by atoms with E-state index in [1.54, 1.807) is 0 Å². The number of halogens is 1. The first kappa shape index (κ1) is 16.9. The summed E-state index contributed by atoms with van der Waals surface area (Å²) in [5.41, 5.74) is 4.16. The fraction of sp³-hybridized carbons (Fsp3) is 0.706. The minimum atomic E-state index is 0.353. The van der Waals surface area contributed by atoms with Crippen LogP contribution in [0.3, 0.4) is 0 Å². The normalized spacial score (nSPS) is 24.0. The number of hydrogen-bond acceptors (Lipinski definition) is 3. The van der Waals surface area contributed by atoms with E-state index in [0.29, 0.717) is 12.0 Å². The molecule has 1 aliphatic rings. The van der Waals surface area contributed by atoms with Crippen molar-refractivity contribution in [1.29, 1.82) is 0 Å². The number of nitrogens with one attached hydrogen (secondary N) is 1. The van der Waals surface area contributed by atoms with Crippen LogP contribution in [-0.2, 0) is 6.42 Å². The van der Waals surface area contributed by atoms with Gasteiger partial charge in [-0.15, -0.1) is 0 Å². The van der Waals surface area contributed by atoms with Crippen molar-refractivity contribution in [3.63, 3.8) is 0 Å². The van der Waals surface area contributed by atoms with Gasteiger partial charge >= 0.3 is 0 Å². The molecule has 0 spiro atoms. The fourth-order valence-electron chi connectivity index (χ4n) is 3.49. The first-order valence-electron chi connectivity index (χ1n) is 8.29. The molecule has 21 heavy (non-hydrogen) atoms. The molecule has 1 unspecified atom stereocenters. The van der Waals surface area contributed by atoms with Crippen molar-refractivity contribution in [3.05, 3.63) is 28.5 Å². The highest BCUT2D eigenvalue weighted by Gasteiger charge is 2.27. The molecule has 0 saturated heterocycles. The van der Waals surface area contributed by atoms with Gasteiger partial charge in [0.05, 0.1) is 0 Å². The lowest BCUT2D eigenvalue weighted by atomic mass is 9.76. The molecule has 0 aromatic carbocycles. The lowest BCUT2D eigenvalue weighted by molar-refractivity contribution is 0.211. The molecule has 0 aliphatic heterocycles. The number of aromatic nitrogens is 1. The molecule has 1 heterocycles. The standard InChI is InChI=1S/C17H28BrN3/c1-2-3-4-13-5-7-14(8-6-13)17(21-19)11-16-10-9-15(18)12-20-16/h9-10,12-14,17,21H,2-8,11,19H2,1H3. The maximum absolute atomic E-state index is 5.81. The van der Waals surface area contributed by atoms with Crippen molar-refractivity contribution in [2.24, 2.45) is 17.7 Å². The highest BCUT2D eigenvalue weighted by molar-refractivity contribution is 9.10. The summed E-state index contributed by atoms with van der Waals surface area (Å²) in [5, 5.41) is 0. The molecule has 1 saturated carbocycles. The van der Waals surface area contributed by atoms with Crippen molar-refractivity contribution >= 4 is 15.9 Å². The number of hydrogen-bond donors (Lipinski definition) is 2. The number of rotatable bonds is 7. The molecule has 0 amide bonds. The largest absolute Gasteiger partial charge is 0.271 e. The van der Waals surface area contributed by atoms with Crippen LogP contribution >= 0.6 is 15.9 Å². The minimum absolute atomic E-state index is 0.353. The number of hydrazine groups is 1. The van der Waals surface area contributed by atoms with Crippen molar-refractivity contribution in [1.82, 2.24) is 10.4 Å². The van der Waals surface area contributed by atoms with Crippen LogP contribution in [0, 0.1) is 11.8 Å². The van der Waals surface area contributed by atoms with Crippen LogP contribution in [0.5, 0.6) is 0 Å². The minimum Gasteiger partial charge on any atom is -0.271 e. The smallest absolute Gasteiger partial charge is 0.0420 e. The van der Waals surface area contributed by atoms with Crippen LogP contribution in [0.4, 0.5) is 0 Å². The number of unbranched alkanes of at least 4 members (excludes halogenated alkanes) is 1. The van der Waals surface area contributed by atoms with Crippen molar-refractivity contribution < 1.29 is 0 Å². The first-order valence-corrected chi connectivity index (χ1v) is 9.08. The second-order valence-electron chi connectivity index (χ2n) is 6.37. The summed E-state index contributed by atoms with van der Waals surface area (Å²) in [6, 6.07) is 4.49. The molecule has 2 rings (SSSR count). The van der Waals surface area contributed by atoms with Crippen LogP contribution in [0.15, 0.2) is 22.8 Å². The molecule has 1 aliphatic carbocycles. The quantitative estimate of drug-likeness (QED) is 0.570. The molecule has 3 N–H and O–H groups in total. The predicted molar refractivity (Wildman–Crippen MR) is 91.7 cm³/mol. The summed E-state index contributed by atoms with van der Waals surface area (Å²) in [6.07, 6.45) is 12.3. The summed E-state index contributed by atoms with van der Waals surface area (Å²) in [7, 11) is 0. The lowest BCUT2D eigenvalue weighted by Gasteiger charge is -2.33. The Balaban J connectivity index is 1.83. The Morgan fingerprint density at radius 2 is 2.10 bits per heavy atom. The zero-order chi connectivity index (χ0) is 15.1. The summed E-state index contributed by atoms with van der Waals surface area (Å²) >= 11 is 3.43. The van der Waals surface area contributed by atoms with E-state index in [9.17, 15) is 0 Å². The van der Waals surface area contributed by atoms with Crippen molar-refractivity contribution in [2.75, 3.05) is 0 Å². The Kier molecular flexibility index (Phi) is 7.14. The van der Waals surface area contributed by atoms with Gasteiger partial charge in [0.25, 0.3) is 0 Å². The molecule has 0 radical (unpaired) electrons. The molecular weight excluding hydrogens is 326 g/mol. The molecule has 0 bridgehead atoms. The lowest BCUT2D eigenvalue weighted by Crippen LogP contribution is -2.43. The van der Waals surface area contributed by atoms with Crippen LogP contribution in [-0.4, -0.2) is 11.0 Å². The zero-order valence-corrected chi connectivity index (χ0v) is 14.6. The van der Waals surface area contributed by atoms with Crippen molar-refractivity contribution in [3.8, 4) is 0 Å². The third-order valence-electron chi connectivity index (χ3n) is 4.86. The SMILES string of the molecule is CCCCC1CCC(C(Cc2ccc(Br)cn2)NN)CC1. The summed E-state index contributed by atoms with van der Waals surface area (Å²) in [4.78, 5) is 4.47. The van der Waals surface area contributed by atoms with E-state index in [-0.39, 0.29) is 0 Å². The van der Waals surface area contributed by atoms with Gasteiger partial charge < -0.3 is 0 Å². The van der Waals surface area contributed by atoms with E-state index < -0.39 is 0 Å². The van der Waals surface area contributed by atoms with E-state index >= 15 is 0 Å². The second kappa shape index (κ2) is 8.86. The Bertz CT molecular complexity index is 399. The Hall–Kier alpha value is -0.450. The van der Waals surface area contributed by atoms with E-state index in [0.717, 1.165) is 22.5 Å². The molecule has 1 atom stereocenters. The number of nitrogens with two attached hydrogens (primary N) is 1. The van der Waals surface area contributed by atoms with Gasteiger partial charge in [0.15, 0.2) is 0 Å². The van der Waals surface area contributed by atoms with E-state index in [1.807, 2.05) is 6.20 Å². The summed E-state index contributed by atoms with van der Waals surface area (Å²) in [5.74, 6) is 7.45. The van der Waals surface area contributed by atoms with Crippen LogP contribution in [0.1, 0.15) is 57.6 Å². The van der Waals surface area contributed by atoms with Gasteiger partial charge in [-0.2, -0.15) is 0 Å². The maximum atomic E-state index is 5.81. The third-order valence-corrected chi connectivity index (χ3v) is 5.33. The maximum Gasteiger partial charge on any atom is 0.0420 e. The second-order valence-corrected chi connectivity index (χ2v) is 7.28. The van der Waals surface area contributed by atoms with Gasteiger partial charge in [-0.1, -0.05) is 39.0 Å². The van der Waals surface area contributed by atoms with Crippen LogP contribution in [0.2, 0.25) is 0 Å². The molecule has 3 nitrogen and oxygen atoms in total. The average Bonchev–Trinajstić information content (AvgIpc) is 2.53.